The number of rotatable bonds is 2. The van der Waals surface area contributed by atoms with Crippen LogP contribution in [0, 0.1) is 5.41 Å². The van der Waals surface area contributed by atoms with Gasteiger partial charge in [0, 0.05) is 17.0 Å². The summed E-state index contributed by atoms with van der Waals surface area (Å²) < 4.78 is 28.1. The Hall–Kier alpha value is -0.960. The molecule has 1 aromatic carbocycles. The van der Waals surface area contributed by atoms with Crippen LogP contribution < -0.4 is 5.73 Å². The minimum atomic E-state index is -2.85. The topological polar surface area (TPSA) is 26.0 Å². The van der Waals surface area contributed by atoms with Crippen LogP contribution in [0.5, 0.6) is 0 Å². The molecule has 16 heavy (non-hydrogen) atoms. The van der Waals surface area contributed by atoms with E-state index in [-0.39, 0.29) is 11.6 Å². The van der Waals surface area contributed by atoms with Gasteiger partial charge in [-0.2, -0.15) is 0 Å². The van der Waals surface area contributed by atoms with Gasteiger partial charge in [0.1, 0.15) is 0 Å². The molecule has 0 radical (unpaired) electrons. The molecule has 0 aliphatic carbocycles. The van der Waals surface area contributed by atoms with Gasteiger partial charge in [0.25, 0.3) is 5.92 Å². The SMILES string of the molecule is CC(N)c1cccc(C(F)(F)C(C)(C)C)c1. The monoisotopic (exact) mass is 227 g/mol. The Kier molecular flexibility index (Phi) is 3.38. The van der Waals surface area contributed by atoms with Crippen molar-refractivity contribution < 1.29 is 8.78 Å². The van der Waals surface area contributed by atoms with E-state index in [2.05, 4.69) is 0 Å². The summed E-state index contributed by atoms with van der Waals surface area (Å²) in [6.07, 6.45) is 0. The zero-order valence-electron chi connectivity index (χ0n) is 10.2. The minimum Gasteiger partial charge on any atom is -0.324 e. The van der Waals surface area contributed by atoms with E-state index in [1.807, 2.05) is 0 Å². The largest absolute Gasteiger partial charge is 0.324 e. The summed E-state index contributed by atoms with van der Waals surface area (Å²) in [6.45, 7) is 6.39. The molecule has 0 amide bonds. The van der Waals surface area contributed by atoms with Gasteiger partial charge in [-0.25, -0.2) is 8.78 Å². The van der Waals surface area contributed by atoms with Crippen LogP contribution in [0.25, 0.3) is 0 Å². The Morgan fingerprint density at radius 1 is 1.19 bits per heavy atom. The van der Waals surface area contributed by atoms with Gasteiger partial charge < -0.3 is 5.73 Å². The first-order valence-electron chi connectivity index (χ1n) is 5.40. The lowest BCUT2D eigenvalue weighted by Crippen LogP contribution is -2.31. The van der Waals surface area contributed by atoms with Gasteiger partial charge in [0.05, 0.1) is 0 Å². The highest BCUT2D eigenvalue weighted by molar-refractivity contribution is 5.29. The zero-order valence-corrected chi connectivity index (χ0v) is 10.2. The van der Waals surface area contributed by atoms with Gasteiger partial charge in [-0.1, -0.05) is 39.0 Å². The predicted octanol–water partition coefficient (Wildman–Crippen LogP) is 3.84. The fourth-order valence-electron chi connectivity index (χ4n) is 1.45. The first-order valence-corrected chi connectivity index (χ1v) is 5.40. The average Bonchev–Trinajstić information content (AvgIpc) is 2.16. The van der Waals surface area contributed by atoms with Crippen LogP contribution in [0.3, 0.4) is 0 Å². The molecule has 3 heteroatoms. The fourth-order valence-corrected chi connectivity index (χ4v) is 1.45. The van der Waals surface area contributed by atoms with Crippen molar-refractivity contribution in [1.29, 1.82) is 0 Å². The number of halogens is 2. The molecule has 0 saturated heterocycles. The molecule has 0 aliphatic heterocycles. The van der Waals surface area contributed by atoms with Crippen LogP contribution in [-0.2, 0) is 5.92 Å². The molecule has 90 valence electrons. The molecule has 0 spiro atoms. The number of hydrogen-bond donors (Lipinski definition) is 1. The number of nitrogens with two attached hydrogens (primary N) is 1. The van der Waals surface area contributed by atoms with E-state index in [1.165, 1.54) is 32.9 Å². The first kappa shape index (κ1) is 13.1. The van der Waals surface area contributed by atoms with Crippen molar-refractivity contribution in [3.05, 3.63) is 35.4 Å². The molecule has 0 aromatic heterocycles. The molecule has 1 rings (SSSR count). The summed E-state index contributed by atoms with van der Waals surface area (Å²) in [5.74, 6) is -2.85. The Bertz CT molecular complexity index is 364. The summed E-state index contributed by atoms with van der Waals surface area (Å²) in [6, 6.07) is 6.13. The van der Waals surface area contributed by atoms with Crippen molar-refractivity contribution in [3.8, 4) is 0 Å². The predicted molar refractivity (Wildman–Crippen MR) is 62.4 cm³/mol. The normalized spacial score (nSPS) is 14.9. The molecule has 2 N–H and O–H groups in total. The lowest BCUT2D eigenvalue weighted by molar-refractivity contribution is -0.104. The fraction of sp³-hybridized carbons (Fsp3) is 0.538. The van der Waals surface area contributed by atoms with Gasteiger partial charge >= 0.3 is 0 Å². The molecule has 1 aromatic rings. The Morgan fingerprint density at radius 2 is 1.75 bits per heavy atom. The molecule has 0 aliphatic rings. The standard InChI is InChI=1S/C13H19F2N/c1-9(16)10-6-5-7-11(8-10)13(14,15)12(2,3)4/h5-9H,16H2,1-4H3. The maximum Gasteiger partial charge on any atom is 0.277 e. The third kappa shape index (κ3) is 2.40. The molecular formula is C13H19F2N. The molecule has 1 unspecified atom stereocenters. The maximum absolute atomic E-state index is 14.1. The van der Waals surface area contributed by atoms with Gasteiger partial charge in [0.15, 0.2) is 0 Å². The van der Waals surface area contributed by atoms with Crippen molar-refractivity contribution in [1.82, 2.24) is 0 Å². The van der Waals surface area contributed by atoms with Gasteiger partial charge in [-0.15, -0.1) is 0 Å². The van der Waals surface area contributed by atoms with Crippen molar-refractivity contribution in [2.24, 2.45) is 11.1 Å². The van der Waals surface area contributed by atoms with Crippen LogP contribution >= 0.6 is 0 Å². The summed E-state index contributed by atoms with van der Waals surface area (Å²) in [5.41, 5.74) is 5.37. The summed E-state index contributed by atoms with van der Waals surface area (Å²) >= 11 is 0. The zero-order chi connectivity index (χ0) is 12.6. The first-order chi connectivity index (χ1) is 7.16. The molecule has 0 bridgehead atoms. The summed E-state index contributed by atoms with van der Waals surface area (Å²) in [4.78, 5) is 0. The Morgan fingerprint density at radius 3 is 2.19 bits per heavy atom. The lowest BCUT2D eigenvalue weighted by atomic mass is 9.83. The maximum atomic E-state index is 14.1. The van der Waals surface area contributed by atoms with E-state index in [9.17, 15) is 8.78 Å². The lowest BCUT2D eigenvalue weighted by Gasteiger charge is -2.31. The van der Waals surface area contributed by atoms with E-state index < -0.39 is 11.3 Å². The molecular weight excluding hydrogens is 208 g/mol. The van der Waals surface area contributed by atoms with Gasteiger partial charge in [0.2, 0.25) is 0 Å². The summed E-state index contributed by atoms with van der Waals surface area (Å²) in [7, 11) is 0. The van der Waals surface area contributed by atoms with Crippen molar-refractivity contribution in [2.45, 2.75) is 39.7 Å². The highest BCUT2D eigenvalue weighted by Gasteiger charge is 2.44. The van der Waals surface area contributed by atoms with Gasteiger partial charge in [-0.3, -0.25) is 0 Å². The van der Waals surface area contributed by atoms with E-state index in [4.69, 9.17) is 5.73 Å². The van der Waals surface area contributed by atoms with Crippen molar-refractivity contribution in [2.75, 3.05) is 0 Å². The summed E-state index contributed by atoms with van der Waals surface area (Å²) in [5, 5.41) is 0. The van der Waals surface area contributed by atoms with Crippen LogP contribution in [0.2, 0.25) is 0 Å². The molecule has 0 fully saturated rings. The van der Waals surface area contributed by atoms with E-state index in [1.54, 1.807) is 19.1 Å². The average molecular weight is 227 g/mol. The second kappa shape index (κ2) is 4.13. The second-order valence-electron chi connectivity index (χ2n) is 5.24. The third-order valence-corrected chi connectivity index (χ3v) is 2.72. The number of alkyl halides is 2. The minimum absolute atomic E-state index is 0.0369. The third-order valence-electron chi connectivity index (χ3n) is 2.72. The highest BCUT2D eigenvalue weighted by atomic mass is 19.3. The van der Waals surface area contributed by atoms with Crippen LogP contribution in [-0.4, -0.2) is 0 Å². The molecule has 1 nitrogen and oxygen atoms in total. The van der Waals surface area contributed by atoms with Crippen LogP contribution in [0.4, 0.5) is 8.78 Å². The smallest absolute Gasteiger partial charge is 0.277 e. The molecule has 0 heterocycles. The van der Waals surface area contributed by atoms with E-state index in [0.717, 1.165) is 5.56 Å². The Labute approximate surface area is 95.7 Å². The van der Waals surface area contributed by atoms with Crippen molar-refractivity contribution in [3.63, 3.8) is 0 Å². The van der Waals surface area contributed by atoms with E-state index >= 15 is 0 Å². The molecule has 1 atom stereocenters. The van der Waals surface area contributed by atoms with Gasteiger partial charge in [-0.05, 0) is 18.6 Å². The Balaban J connectivity index is 3.19. The van der Waals surface area contributed by atoms with Crippen LogP contribution in [0.15, 0.2) is 24.3 Å². The number of hydrogen-bond acceptors (Lipinski definition) is 1. The quantitative estimate of drug-likeness (QED) is 0.816. The molecule has 0 saturated carbocycles. The van der Waals surface area contributed by atoms with E-state index in [0.29, 0.717) is 0 Å². The van der Waals surface area contributed by atoms with Crippen molar-refractivity contribution >= 4 is 0 Å². The second-order valence-corrected chi connectivity index (χ2v) is 5.24. The number of benzene rings is 1. The highest BCUT2D eigenvalue weighted by Crippen LogP contribution is 2.44. The van der Waals surface area contributed by atoms with Crippen LogP contribution in [0.1, 0.15) is 44.9 Å².